The third kappa shape index (κ3) is 2.58. The van der Waals surface area contributed by atoms with E-state index >= 15 is 0 Å². The zero-order chi connectivity index (χ0) is 14.1. The van der Waals surface area contributed by atoms with Crippen molar-refractivity contribution in [1.29, 1.82) is 0 Å². The van der Waals surface area contributed by atoms with Crippen molar-refractivity contribution in [3.8, 4) is 22.6 Å². The van der Waals surface area contributed by atoms with Crippen LogP contribution in [0.5, 0.6) is 0 Å². The Morgan fingerprint density at radius 1 is 1.00 bits per heavy atom. The van der Waals surface area contributed by atoms with Crippen LogP contribution in [-0.4, -0.2) is 14.8 Å². The van der Waals surface area contributed by atoms with Gasteiger partial charge in [-0.2, -0.15) is 5.10 Å². The normalized spacial score (nSPS) is 10.8. The van der Waals surface area contributed by atoms with Crippen LogP contribution in [0.3, 0.4) is 0 Å². The molecule has 3 rings (SSSR count). The lowest BCUT2D eigenvalue weighted by Crippen LogP contribution is -1.94. The van der Waals surface area contributed by atoms with Gasteiger partial charge < -0.3 is 0 Å². The molecule has 0 saturated heterocycles. The van der Waals surface area contributed by atoms with Crippen molar-refractivity contribution in [3.05, 3.63) is 58.0 Å². The minimum absolute atomic E-state index is 0.246. The van der Waals surface area contributed by atoms with Gasteiger partial charge in [0.1, 0.15) is 17.2 Å². The van der Waals surface area contributed by atoms with Gasteiger partial charge >= 0.3 is 0 Å². The van der Waals surface area contributed by atoms with E-state index in [0.717, 1.165) is 26.2 Å². The maximum atomic E-state index is 13.0. The molecule has 0 aliphatic rings. The molecular weight excluding hydrogens is 368 g/mol. The first-order valence-corrected chi connectivity index (χ1v) is 7.14. The number of hydrogen-bond donors (Lipinski definition) is 0. The molecular formula is C15H11FIN3. The summed E-state index contributed by atoms with van der Waals surface area (Å²) in [6, 6.07) is 12.2. The third-order valence-corrected chi connectivity index (χ3v) is 3.81. The Morgan fingerprint density at radius 2 is 1.75 bits per heavy atom. The summed E-state index contributed by atoms with van der Waals surface area (Å²) in [7, 11) is 1.88. The quantitative estimate of drug-likeness (QED) is 0.633. The van der Waals surface area contributed by atoms with E-state index in [-0.39, 0.29) is 5.82 Å². The maximum Gasteiger partial charge on any atom is 0.123 e. The summed E-state index contributed by atoms with van der Waals surface area (Å²) in [5, 5.41) is 4.38. The SMILES string of the molecule is Cn1ccc(-c2nc(-c3ccc(F)cc3)ccc2I)n1. The number of rotatable bonds is 2. The van der Waals surface area contributed by atoms with Gasteiger partial charge in [-0.05, 0) is 65.1 Å². The number of nitrogens with zero attached hydrogens (tertiary/aromatic N) is 3. The molecule has 3 nitrogen and oxygen atoms in total. The molecule has 100 valence electrons. The van der Waals surface area contributed by atoms with Crippen molar-refractivity contribution in [2.45, 2.75) is 0 Å². The lowest BCUT2D eigenvalue weighted by atomic mass is 10.1. The molecule has 0 fully saturated rings. The van der Waals surface area contributed by atoms with Crippen molar-refractivity contribution in [2.24, 2.45) is 7.05 Å². The van der Waals surface area contributed by atoms with Gasteiger partial charge in [0.2, 0.25) is 0 Å². The minimum atomic E-state index is -0.246. The number of benzene rings is 1. The smallest absolute Gasteiger partial charge is 0.123 e. The Bertz CT molecular complexity index is 750. The summed E-state index contributed by atoms with van der Waals surface area (Å²) in [5.74, 6) is -0.246. The molecule has 20 heavy (non-hydrogen) atoms. The highest BCUT2D eigenvalue weighted by molar-refractivity contribution is 14.1. The number of pyridine rings is 1. The number of aryl methyl sites for hydroxylation is 1. The summed E-state index contributed by atoms with van der Waals surface area (Å²) in [5.41, 5.74) is 3.37. The Labute approximate surface area is 129 Å². The first kappa shape index (κ1) is 13.2. The van der Waals surface area contributed by atoms with Gasteiger partial charge in [-0.3, -0.25) is 4.68 Å². The Hall–Kier alpha value is -1.76. The van der Waals surface area contributed by atoms with Gasteiger partial charge in [-0.1, -0.05) is 0 Å². The van der Waals surface area contributed by atoms with Crippen molar-refractivity contribution in [3.63, 3.8) is 0 Å². The van der Waals surface area contributed by atoms with Crippen LogP contribution >= 0.6 is 22.6 Å². The molecule has 0 atom stereocenters. The predicted octanol–water partition coefficient (Wildman–Crippen LogP) is 3.89. The van der Waals surface area contributed by atoms with Gasteiger partial charge in [-0.25, -0.2) is 9.37 Å². The average Bonchev–Trinajstić information content (AvgIpc) is 2.87. The predicted molar refractivity (Wildman–Crippen MR) is 84.6 cm³/mol. The molecule has 0 saturated carbocycles. The van der Waals surface area contributed by atoms with Gasteiger partial charge in [0.15, 0.2) is 0 Å². The highest BCUT2D eigenvalue weighted by Gasteiger charge is 2.10. The first-order chi connectivity index (χ1) is 9.63. The van der Waals surface area contributed by atoms with Crippen LogP contribution in [0.15, 0.2) is 48.7 Å². The lowest BCUT2D eigenvalue weighted by Gasteiger charge is -2.05. The van der Waals surface area contributed by atoms with Gasteiger partial charge in [0.25, 0.3) is 0 Å². The molecule has 0 radical (unpaired) electrons. The summed E-state index contributed by atoms with van der Waals surface area (Å²) < 4.78 is 15.8. The van der Waals surface area contributed by atoms with Crippen LogP contribution in [0.4, 0.5) is 4.39 Å². The van der Waals surface area contributed by atoms with E-state index in [9.17, 15) is 4.39 Å². The van der Waals surface area contributed by atoms with Crippen LogP contribution in [0.2, 0.25) is 0 Å². The van der Waals surface area contributed by atoms with Gasteiger partial charge in [0, 0.05) is 22.4 Å². The van der Waals surface area contributed by atoms with Crippen LogP contribution in [0, 0.1) is 9.39 Å². The minimum Gasteiger partial charge on any atom is -0.275 e. The molecule has 3 aromatic rings. The second-order valence-electron chi connectivity index (χ2n) is 4.41. The van der Waals surface area contributed by atoms with Crippen molar-refractivity contribution < 1.29 is 4.39 Å². The van der Waals surface area contributed by atoms with E-state index in [1.165, 1.54) is 12.1 Å². The van der Waals surface area contributed by atoms with Gasteiger partial charge in [0.05, 0.1) is 5.69 Å². The third-order valence-electron chi connectivity index (χ3n) is 2.94. The molecule has 0 N–H and O–H groups in total. The van der Waals surface area contributed by atoms with Crippen LogP contribution < -0.4 is 0 Å². The summed E-state index contributed by atoms with van der Waals surface area (Å²) in [6.45, 7) is 0. The molecule has 0 aliphatic heterocycles. The summed E-state index contributed by atoms with van der Waals surface area (Å²) in [6.07, 6.45) is 1.89. The number of aromatic nitrogens is 3. The largest absolute Gasteiger partial charge is 0.275 e. The number of halogens is 2. The van der Waals surface area contributed by atoms with E-state index in [1.54, 1.807) is 16.8 Å². The standard InChI is InChI=1S/C15H11FIN3/c1-20-9-8-14(19-20)15-12(17)6-7-13(18-15)10-2-4-11(16)5-3-10/h2-9H,1H3. The molecule has 0 unspecified atom stereocenters. The van der Waals surface area contributed by atoms with E-state index < -0.39 is 0 Å². The van der Waals surface area contributed by atoms with E-state index in [4.69, 9.17) is 0 Å². The lowest BCUT2D eigenvalue weighted by molar-refractivity contribution is 0.628. The molecule has 0 amide bonds. The highest BCUT2D eigenvalue weighted by atomic mass is 127. The van der Waals surface area contributed by atoms with Gasteiger partial charge in [-0.15, -0.1) is 0 Å². The van der Waals surface area contributed by atoms with Crippen LogP contribution in [0.1, 0.15) is 0 Å². The first-order valence-electron chi connectivity index (χ1n) is 6.06. The Morgan fingerprint density at radius 3 is 2.40 bits per heavy atom. The number of hydrogen-bond acceptors (Lipinski definition) is 2. The maximum absolute atomic E-state index is 13.0. The van der Waals surface area contributed by atoms with Crippen molar-refractivity contribution >= 4 is 22.6 Å². The molecule has 1 aromatic carbocycles. The van der Waals surface area contributed by atoms with Crippen molar-refractivity contribution in [2.75, 3.05) is 0 Å². The fourth-order valence-electron chi connectivity index (χ4n) is 1.94. The molecule has 2 aromatic heterocycles. The molecule has 0 aliphatic carbocycles. The van der Waals surface area contributed by atoms with E-state index in [2.05, 4.69) is 32.7 Å². The molecule has 0 bridgehead atoms. The zero-order valence-corrected chi connectivity index (χ0v) is 12.9. The Kier molecular flexibility index (Phi) is 3.52. The van der Waals surface area contributed by atoms with Crippen molar-refractivity contribution in [1.82, 2.24) is 14.8 Å². The fraction of sp³-hybridized carbons (Fsp3) is 0.0667. The summed E-state index contributed by atoms with van der Waals surface area (Å²) in [4.78, 5) is 4.65. The Balaban J connectivity index is 2.08. The average molecular weight is 379 g/mol. The zero-order valence-electron chi connectivity index (χ0n) is 10.7. The van der Waals surface area contributed by atoms with Crippen LogP contribution in [-0.2, 0) is 7.05 Å². The van der Waals surface area contributed by atoms with E-state index in [0.29, 0.717) is 0 Å². The van der Waals surface area contributed by atoms with E-state index in [1.807, 2.05) is 31.4 Å². The monoisotopic (exact) mass is 379 g/mol. The molecule has 0 spiro atoms. The van der Waals surface area contributed by atoms with Crippen LogP contribution in [0.25, 0.3) is 22.6 Å². The molecule has 2 heterocycles. The second kappa shape index (κ2) is 5.32. The molecule has 5 heteroatoms. The second-order valence-corrected chi connectivity index (χ2v) is 5.57. The highest BCUT2D eigenvalue weighted by Crippen LogP contribution is 2.26. The summed E-state index contributed by atoms with van der Waals surface area (Å²) >= 11 is 2.24. The fourth-order valence-corrected chi connectivity index (χ4v) is 2.52. The topological polar surface area (TPSA) is 30.7 Å².